The molecule has 0 aliphatic rings. The van der Waals surface area contributed by atoms with E-state index in [4.69, 9.17) is 11.6 Å². The molecule has 2 N–H and O–H groups in total. The molecule has 36 heavy (non-hydrogen) atoms. The van der Waals surface area contributed by atoms with E-state index < -0.39 is 8.24 Å². The third-order valence-corrected chi connectivity index (χ3v) is 14.8. The Hall–Kier alpha value is -1.85. The van der Waals surface area contributed by atoms with Gasteiger partial charge in [-0.1, -0.05) is 96.5 Å². The fourth-order valence-corrected chi connectivity index (χ4v) is 13.4. The van der Waals surface area contributed by atoms with Gasteiger partial charge in [0.05, 0.1) is 6.04 Å². The van der Waals surface area contributed by atoms with Crippen LogP contribution < -0.4 is 5.32 Å². The van der Waals surface area contributed by atoms with E-state index in [0.717, 1.165) is 23.6 Å². The molecule has 0 bridgehead atoms. The van der Waals surface area contributed by atoms with Gasteiger partial charge in [0.1, 0.15) is 0 Å². The van der Waals surface area contributed by atoms with Crippen molar-refractivity contribution >= 4 is 36.3 Å². The topological polar surface area (TPSA) is 37.2 Å². The SMILES string of the molecule is CCCNC(/C(=C/CCO)c1cn([Si](C(C)C)(C(C)C)C(C)C)c2ccccc12)c1cccc(Cl)c1. The van der Waals surface area contributed by atoms with E-state index in [-0.39, 0.29) is 12.6 Å². The first kappa shape index (κ1) is 28.7. The molecule has 0 saturated carbocycles. The number of halogens is 1. The Kier molecular flexibility index (Phi) is 10.0. The second-order valence-corrected chi connectivity index (χ2v) is 17.1. The zero-order chi connectivity index (χ0) is 26.5. The number of fused-ring (bicyclic) bond motifs is 1. The summed E-state index contributed by atoms with van der Waals surface area (Å²) < 4.78 is 2.71. The van der Waals surface area contributed by atoms with Gasteiger partial charge in [0.25, 0.3) is 0 Å². The molecule has 0 radical (unpaired) electrons. The minimum Gasteiger partial charge on any atom is -0.396 e. The summed E-state index contributed by atoms with van der Waals surface area (Å²) in [6.45, 7) is 17.7. The Bertz CT molecular complexity index is 1140. The van der Waals surface area contributed by atoms with Crippen molar-refractivity contribution in [2.24, 2.45) is 0 Å². The van der Waals surface area contributed by atoms with Crippen molar-refractivity contribution < 1.29 is 5.11 Å². The van der Waals surface area contributed by atoms with Gasteiger partial charge >= 0.3 is 0 Å². The number of aliphatic hydroxyl groups is 1. The molecule has 0 aliphatic heterocycles. The first-order chi connectivity index (χ1) is 17.2. The van der Waals surface area contributed by atoms with Crippen LogP contribution in [0, 0.1) is 0 Å². The number of hydrogen-bond donors (Lipinski definition) is 2. The first-order valence-corrected chi connectivity index (χ1v) is 16.2. The molecule has 0 aliphatic carbocycles. The number of rotatable bonds is 12. The molecule has 2 aromatic carbocycles. The quantitative estimate of drug-likeness (QED) is 0.232. The van der Waals surface area contributed by atoms with Crippen molar-refractivity contribution in [3.8, 4) is 0 Å². The van der Waals surface area contributed by atoms with Crippen molar-refractivity contribution in [3.63, 3.8) is 0 Å². The van der Waals surface area contributed by atoms with E-state index in [9.17, 15) is 5.11 Å². The molecule has 3 aromatic rings. The monoisotopic (exact) mass is 524 g/mol. The minimum absolute atomic E-state index is 0.0114. The van der Waals surface area contributed by atoms with Crippen LogP contribution in [0.4, 0.5) is 0 Å². The van der Waals surface area contributed by atoms with Crippen LogP contribution in [-0.2, 0) is 0 Å². The van der Waals surface area contributed by atoms with Crippen LogP contribution >= 0.6 is 11.6 Å². The van der Waals surface area contributed by atoms with Crippen molar-refractivity contribution in [1.82, 2.24) is 9.55 Å². The van der Waals surface area contributed by atoms with Gasteiger partial charge in [-0.15, -0.1) is 0 Å². The van der Waals surface area contributed by atoms with Gasteiger partial charge in [-0.05, 0) is 65.3 Å². The molecule has 196 valence electrons. The maximum absolute atomic E-state index is 9.82. The van der Waals surface area contributed by atoms with Gasteiger partial charge in [0, 0.05) is 34.3 Å². The van der Waals surface area contributed by atoms with Crippen molar-refractivity contribution in [3.05, 3.63) is 77.0 Å². The van der Waals surface area contributed by atoms with E-state index in [0.29, 0.717) is 23.0 Å². The number of aliphatic hydroxyl groups excluding tert-OH is 1. The number of para-hydroxylation sites is 1. The van der Waals surface area contributed by atoms with Crippen molar-refractivity contribution in [2.75, 3.05) is 13.2 Å². The summed E-state index contributed by atoms with van der Waals surface area (Å²) in [4.78, 5) is 0. The van der Waals surface area contributed by atoms with E-state index in [2.05, 4.69) is 107 Å². The summed E-state index contributed by atoms with van der Waals surface area (Å²) in [5, 5.41) is 15.6. The van der Waals surface area contributed by atoms with Crippen LogP contribution in [0.15, 0.2) is 60.8 Å². The Balaban J connectivity index is 2.35. The molecular weight excluding hydrogens is 480 g/mol. The molecule has 0 amide bonds. The number of nitrogens with one attached hydrogen (secondary N) is 1. The molecular formula is C31H45ClN2OSi. The van der Waals surface area contributed by atoms with E-state index in [1.54, 1.807) is 0 Å². The average Bonchev–Trinajstić information content (AvgIpc) is 3.20. The lowest BCUT2D eigenvalue weighted by molar-refractivity contribution is 0.302. The molecule has 0 saturated heterocycles. The lowest BCUT2D eigenvalue weighted by Gasteiger charge is -2.44. The number of benzene rings is 2. The first-order valence-electron chi connectivity index (χ1n) is 13.6. The zero-order valence-electron chi connectivity index (χ0n) is 23.2. The fourth-order valence-electron chi connectivity index (χ4n) is 6.55. The standard InChI is InChI=1S/C31H45ClN2OSi/c1-8-18-33-31(25-13-11-14-26(32)20-25)28(16-12-19-35)29-21-34(30-17-10-9-15-27(29)30)36(22(2)3,23(4)5)24(6)7/h9-11,13-17,20-24,31,33,35H,8,12,18-19H2,1-7H3/b28-16+. The number of nitrogens with zero attached hydrogens (tertiary/aromatic N) is 1. The molecule has 1 atom stereocenters. The zero-order valence-corrected chi connectivity index (χ0v) is 24.9. The highest BCUT2D eigenvalue weighted by molar-refractivity contribution is 6.82. The van der Waals surface area contributed by atoms with Gasteiger partial charge < -0.3 is 14.7 Å². The predicted molar refractivity (Wildman–Crippen MR) is 161 cm³/mol. The van der Waals surface area contributed by atoms with E-state index >= 15 is 0 Å². The molecule has 0 spiro atoms. The van der Waals surface area contributed by atoms with Gasteiger partial charge in [-0.2, -0.15) is 0 Å². The summed E-state index contributed by atoms with van der Waals surface area (Å²) in [6.07, 6.45) is 6.33. The summed E-state index contributed by atoms with van der Waals surface area (Å²) in [5.41, 5.74) is 6.72. The summed E-state index contributed by atoms with van der Waals surface area (Å²) >= 11 is 6.46. The van der Waals surface area contributed by atoms with Gasteiger partial charge in [-0.3, -0.25) is 0 Å². The molecule has 5 heteroatoms. The van der Waals surface area contributed by atoms with Gasteiger partial charge in [0.15, 0.2) is 8.24 Å². The predicted octanol–water partition coefficient (Wildman–Crippen LogP) is 8.83. The van der Waals surface area contributed by atoms with Gasteiger partial charge in [-0.25, -0.2) is 0 Å². The van der Waals surface area contributed by atoms with Crippen LogP contribution in [0.25, 0.3) is 16.5 Å². The Labute approximate surface area is 224 Å². The molecule has 1 aromatic heterocycles. The van der Waals surface area contributed by atoms with E-state index in [1.165, 1.54) is 22.0 Å². The maximum atomic E-state index is 9.82. The van der Waals surface area contributed by atoms with Crippen LogP contribution in [0.3, 0.4) is 0 Å². The summed E-state index contributed by atoms with van der Waals surface area (Å²) in [7, 11) is -1.97. The number of aromatic nitrogens is 1. The molecule has 3 rings (SSSR count). The molecule has 1 heterocycles. The van der Waals surface area contributed by atoms with E-state index in [1.807, 2.05) is 12.1 Å². The highest BCUT2D eigenvalue weighted by atomic mass is 35.5. The van der Waals surface area contributed by atoms with Crippen LogP contribution in [0.5, 0.6) is 0 Å². The lowest BCUT2D eigenvalue weighted by atomic mass is 9.91. The second-order valence-electron chi connectivity index (χ2n) is 10.9. The molecule has 1 unspecified atom stereocenters. The Morgan fingerprint density at radius 1 is 1.00 bits per heavy atom. The Morgan fingerprint density at radius 3 is 2.25 bits per heavy atom. The third-order valence-electron chi connectivity index (χ3n) is 7.80. The summed E-state index contributed by atoms with van der Waals surface area (Å²) in [6, 6.07) is 17.0. The van der Waals surface area contributed by atoms with Crippen LogP contribution in [-0.4, -0.2) is 30.7 Å². The largest absolute Gasteiger partial charge is 0.396 e. The van der Waals surface area contributed by atoms with Crippen LogP contribution in [0.2, 0.25) is 21.6 Å². The summed E-state index contributed by atoms with van der Waals surface area (Å²) in [5.74, 6) is 0. The Morgan fingerprint density at radius 2 is 1.67 bits per heavy atom. The molecule has 3 nitrogen and oxygen atoms in total. The van der Waals surface area contributed by atoms with Crippen molar-refractivity contribution in [2.45, 2.75) is 84.0 Å². The highest BCUT2D eigenvalue weighted by Gasteiger charge is 2.46. The fraction of sp³-hybridized carbons (Fsp3) is 0.484. The lowest BCUT2D eigenvalue weighted by Crippen LogP contribution is -2.51. The van der Waals surface area contributed by atoms with Crippen molar-refractivity contribution in [1.29, 1.82) is 0 Å². The average molecular weight is 525 g/mol. The maximum Gasteiger partial charge on any atom is 0.169 e. The highest BCUT2D eigenvalue weighted by Crippen LogP contribution is 2.46. The second kappa shape index (κ2) is 12.6. The van der Waals surface area contributed by atoms with Crippen LogP contribution in [0.1, 0.15) is 78.5 Å². The molecule has 0 fully saturated rings. The smallest absolute Gasteiger partial charge is 0.169 e. The minimum atomic E-state index is -1.97. The van der Waals surface area contributed by atoms with Gasteiger partial charge in [0.2, 0.25) is 0 Å². The number of hydrogen-bond acceptors (Lipinski definition) is 2. The third kappa shape index (κ3) is 5.52. The normalized spacial score (nSPS) is 13.9.